The van der Waals surface area contributed by atoms with Crippen LogP contribution >= 0.6 is 23.5 Å². The number of benzene rings is 2. The van der Waals surface area contributed by atoms with Crippen molar-refractivity contribution in [2.45, 2.75) is 53.4 Å². The molecule has 7 unspecified atom stereocenters. The molecule has 1 saturated heterocycles. The lowest BCUT2D eigenvalue weighted by atomic mass is 9.53. The normalized spacial score (nSPS) is 35.4. The average molecular weight is 557 g/mol. The molecule has 2 aromatic rings. The molecule has 2 aliphatic heterocycles. The van der Waals surface area contributed by atoms with Gasteiger partial charge in [0.05, 0.1) is 0 Å². The van der Waals surface area contributed by atoms with E-state index < -0.39 is 0 Å². The molecule has 0 saturated carbocycles. The second-order valence-corrected chi connectivity index (χ2v) is 14.8. The monoisotopic (exact) mass is 556 g/mol. The van der Waals surface area contributed by atoms with Gasteiger partial charge in [0.2, 0.25) is 0 Å². The van der Waals surface area contributed by atoms with Crippen molar-refractivity contribution in [2.75, 3.05) is 0 Å². The smallest absolute Gasteiger partial charge is 0.0371 e. The van der Waals surface area contributed by atoms with Crippen molar-refractivity contribution in [1.82, 2.24) is 0 Å². The van der Waals surface area contributed by atoms with Crippen LogP contribution in [0.25, 0.3) is 5.57 Å². The molecule has 0 amide bonds. The minimum atomic E-state index is -0.0311. The van der Waals surface area contributed by atoms with Crippen LogP contribution in [0.1, 0.15) is 43.7 Å². The van der Waals surface area contributed by atoms with Gasteiger partial charge in [-0.1, -0.05) is 116 Å². The van der Waals surface area contributed by atoms with E-state index in [1.807, 2.05) is 0 Å². The first-order valence-corrected chi connectivity index (χ1v) is 16.8. The lowest BCUT2D eigenvalue weighted by Gasteiger charge is -2.59. The van der Waals surface area contributed by atoms with Crippen LogP contribution in [-0.2, 0) is 5.41 Å². The number of rotatable bonds is 2. The second kappa shape index (κ2) is 10.00. The van der Waals surface area contributed by atoms with Gasteiger partial charge in [0.1, 0.15) is 0 Å². The third-order valence-electron chi connectivity index (χ3n) is 9.98. The lowest BCUT2D eigenvalue weighted by molar-refractivity contribution is 0.254. The zero-order valence-corrected chi connectivity index (χ0v) is 24.7. The van der Waals surface area contributed by atoms with E-state index in [-0.39, 0.29) is 5.41 Å². The van der Waals surface area contributed by atoms with E-state index in [1.54, 1.807) is 11.1 Å². The highest BCUT2D eigenvalue weighted by Crippen LogP contribution is 2.67. The van der Waals surface area contributed by atoms with Crippen LogP contribution in [-0.4, -0.2) is 10.5 Å². The summed E-state index contributed by atoms with van der Waals surface area (Å²) in [5, 5.41) is 0.995. The standard InChI is InChI=1S/C38H36S2/c1-25-15-17-27(18-16-25)29-20-22-33-37(24-29)40-35-14-8-6-12-31(35)38(33)30-11-5-7-13-34(30)39-36-23-28(19-21-32(36)38)26-9-3-2-4-10-26/h2-4,6,8-15,17-23,25,29,32-33,36-37H,5,7,16,24H2,1H3. The zero-order valence-electron chi connectivity index (χ0n) is 23.1. The third-order valence-corrected chi connectivity index (χ3v) is 12.7. The Morgan fingerprint density at radius 1 is 0.775 bits per heavy atom. The molecule has 40 heavy (non-hydrogen) atoms. The molecule has 0 N–H and O–H groups in total. The van der Waals surface area contributed by atoms with Crippen LogP contribution in [0.4, 0.5) is 0 Å². The molecule has 7 atom stereocenters. The van der Waals surface area contributed by atoms with Gasteiger partial charge in [-0.05, 0) is 65.5 Å². The van der Waals surface area contributed by atoms with Crippen LogP contribution in [0.3, 0.4) is 0 Å². The van der Waals surface area contributed by atoms with Crippen molar-refractivity contribution in [2.24, 2.45) is 23.7 Å². The van der Waals surface area contributed by atoms with Crippen LogP contribution in [0.2, 0.25) is 0 Å². The summed E-state index contributed by atoms with van der Waals surface area (Å²) in [6.07, 6.45) is 30.1. The molecular formula is C38H36S2. The summed E-state index contributed by atoms with van der Waals surface area (Å²) in [5.41, 5.74) is 7.37. The van der Waals surface area contributed by atoms with Crippen LogP contribution < -0.4 is 0 Å². The van der Waals surface area contributed by atoms with Gasteiger partial charge in [0, 0.05) is 43.5 Å². The first kappa shape index (κ1) is 25.1. The molecule has 1 spiro atoms. The summed E-state index contributed by atoms with van der Waals surface area (Å²) >= 11 is 4.28. The quantitative estimate of drug-likeness (QED) is 0.338. The summed E-state index contributed by atoms with van der Waals surface area (Å²) in [7, 11) is 0. The van der Waals surface area contributed by atoms with E-state index in [0.717, 1.165) is 12.8 Å². The molecule has 2 heterocycles. The van der Waals surface area contributed by atoms with Gasteiger partial charge in [-0.3, -0.25) is 0 Å². The minimum absolute atomic E-state index is 0.0311. The van der Waals surface area contributed by atoms with E-state index in [9.17, 15) is 0 Å². The van der Waals surface area contributed by atoms with Gasteiger partial charge >= 0.3 is 0 Å². The van der Waals surface area contributed by atoms with E-state index in [2.05, 4.69) is 146 Å². The van der Waals surface area contributed by atoms with E-state index >= 15 is 0 Å². The fourth-order valence-electron chi connectivity index (χ4n) is 8.12. The Kier molecular flexibility index (Phi) is 6.26. The molecular weight excluding hydrogens is 521 g/mol. The largest absolute Gasteiger partial charge is 0.122 e. The molecule has 200 valence electrons. The van der Waals surface area contributed by atoms with Gasteiger partial charge in [-0.25, -0.2) is 0 Å². The first-order chi connectivity index (χ1) is 19.7. The van der Waals surface area contributed by atoms with Crippen molar-refractivity contribution < 1.29 is 0 Å². The highest BCUT2D eigenvalue weighted by molar-refractivity contribution is 8.04. The molecule has 2 heteroatoms. The predicted molar refractivity (Wildman–Crippen MR) is 173 cm³/mol. The summed E-state index contributed by atoms with van der Waals surface area (Å²) in [5.74, 6) is 2.09. The fraction of sp³-hybridized carbons (Fsp3) is 0.316. The maximum Gasteiger partial charge on any atom is 0.0371 e. The van der Waals surface area contributed by atoms with E-state index in [4.69, 9.17) is 0 Å². The van der Waals surface area contributed by atoms with E-state index in [0.29, 0.717) is 34.2 Å². The van der Waals surface area contributed by atoms with Crippen molar-refractivity contribution in [3.05, 3.63) is 143 Å². The van der Waals surface area contributed by atoms with Crippen molar-refractivity contribution in [1.29, 1.82) is 0 Å². The van der Waals surface area contributed by atoms with Crippen molar-refractivity contribution in [3.63, 3.8) is 0 Å². The summed E-state index contributed by atoms with van der Waals surface area (Å²) in [6.45, 7) is 2.32. The zero-order chi connectivity index (χ0) is 26.7. The Hall–Kier alpha value is -2.68. The molecule has 0 aromatic heterocycles. The van der Waals surface area contributed by atoms with Crippen LogP contribution in [0, 0.1) is 23.7 Å². The Bertz CT molecular complexity index is 1550. The Balaban J connectivity index is 1.29. The third kappa shape index (κ3) is 3.90. The molecule has 1 fully saturated rings. The maximum absolute atomic E-state index is 2.67. The summed E-state index contributed by atoms with van der Waals surface area (Å²) < 4.78 is 0. The van der Waals surface area contributed by atoms with Gasteiger partial charge in [-0.15, -0.1) is 23.5 Å². The first-order valence-electron chi connectivity index (χ1n) is 15.1. The fourth-order valence-corrected chi connectivity index (χ4v) is 11.3. The molecule has 4 aliphatic carbocycles. The summed E-state index contributed by atoms with van der Waals surface area (Å²) in [6, 6.07) is 20.4. The van der Waals surface area contributed by atoms with Gasteiger partial charge < -0.3 is 0 Å². The van der Waals surface area contributed by atoms with Gasteiger partial charge in [0.25, 0.3) is 0 Å². The molecule has 0 nitrogen and oxygen atoms in total. The Morgan fingerprint density at radius 3 is 2.50 bits per heavy atom. The molecule has 0 radical (unpaired) electrons. The van der Waals surface area contributed by atoms with Gasteiger partial charge in [0.15, 0.2) is 0 Å². The number of allylic oxidation sites excluding steroid dienone is 12. The van der Waals surface area contributed by atoms with Crippen LogP contribution in [0.15, 0.2) is 136 Å². The minimum Gasteiger partial charge on any atom is -0.122 e. The topological polar surface area (TPSA) is 0 Å². The SMILES string of the molecule is CC1C=CC(C2C=CC3C(C2)Sc2ccccc2C32C3=CCCC=C3SC3C=C(c4ccccc4)C=CC32)=CC1. The lowest BCUT2D eigenvalue weighted by Crippen LogP contribution is -2.55. The number of fused-ring (bicyclic) bond motifs is 8. The van der Waals surface area contributed by atoms with Crippen molar-refractivity contribution >= 4 is 29.1 Å². The van der Waals surface area contributed by atoms with Crippen molar-refractivity contribution in [3.8, 4) is 0 Å². The molecule has 8 rings (SSSR count). The molecule has 6 aliphatic rings. The number of thioether (sulfide) groups is 2. The summed E-state index contributed by atoms with van der Waals surface area (Å²) in [4.78, 5) is 3.04. The Morgan fingerprint density at radius 2 is 1.62 bits per heavy atom. The molecule has 0 bridgehead atoms. The van der Waals surface area contributed by atoms with Gasteiger partial charge in [-0.2, -0.15) is 0 Å². The number of hydrogen-bond donors (Lipinski definition) is 0. The average Bonchev–Trinajstić information content (AvgIpc) is 3.01. The highest BCUT2D eigenvalue weighted by atomic mass is 32.2. The predicted octanol–water partition coefficient (Wildman–Crippen LogP) is 10.1. The number of hydrogen-bond acceptors (Lipinski definition) is 2. The maximum atomic E-state index is 2.67. The van der Waals surface area contributed by atoms with E-state index in [1.165, 1.54) is 39.4 Å². The van der Waals surface area contributed by atoms with Crippen LogP contribution in [0.5, 0.6) is 0 Å². The second-order valence-electron chi connectivity index (χ2n) is 12.3. The highest BCUT2D eigenvalue weighted by Gasteiger charge is 2.59. The molecule has 2 aromatic carbocycles. The Labute approximate surface area is 247 Å².